The number of ether oxygens (including phenoxy) is 2. The molecule has 1 unspecified atom stereocenters. The van der Waals surface area contributed by atoms with Gasteiger partial charge in [0.1, 0.15) is 11.6 Å². The highest BCUT2D eigenvalue weighted by molar-refractivity contribution is 7.98. The average molecular weight is 475 g/mol. The smallest absolute Gasteiger partial charge is 0.338 e. The number of amides is 1. The maximum absolute atomic E-state index is 12.7. The van der Waals surface area contributed by atoms with E-state index in [0.717, 1.165) is 16.7 Å². The van der Waals surface area contributed by atoms with Gasteiger partial charge in [0.05, 0.1) is 18.4 Å². The first-order valence-electron chi connectivity index (χ1n) is 9.79. The molecule has 2 aromatic carbocycles. The molecule has 0 aliphatic carbocycles. The topological polar surface area (TPSA) is 95.3 Å². The lowest BCUT2D eigenvalue weighted by Gasteiger charge is -2.17. The number of esters is 1. The highest BCUT2D eigenvalue weighted by Crippen LogP contribution is 2.28. The third-order valence-corrected chi connectivity index (χ3v) is 5.54. The number of aromatic nitrogens is 3. The molecule has 0 radical (unpaired) electrons. The maximum atomic E-state index is 12.7. The number of nitrogens with zero attached hydrogens (tertiary/aromatic N) is 3. The van der Waals surface area contributed by atoms with E-state index in [0.29, 0.717) is 28.4 Å². The molecule has 0 saturated heterocycles. The Morgan fingerprint density at radius 2 is 1.91 bits per heavy atom. The summed E-state index contributed by atoms with van der Waals surface area (Å²) in [6.45, 7) is 3.61. The van der Waals surface area contributed by atoms with Crippen molar-refractivity contribution in [3.63, 3.8) is 0 Å². The molecule has 0 bridgehead atoms. The maximum Gasteiger partial charge on any atom is 0.338 e. The number of hydrogen-bond donors (Lipinski definition) is 1. The molecule has 1 atom stereocenters. The lowest BCUT2D eigenvalue weighted by Crippen LogP contribution is -2.32. The van der Waals surface area contributed by atoms with E-state index in [2.05, 4.69) is 15.5 Å². The van der Waals surface area contributed by atoms with Crippen molar-refractivity contribution in [2.75, 3.05) is 18.7 Å². The molecule has 0 saturated carbocycles. The van der Waals surface area contributed by atoms with Crippen LogP contribution in [0, 0.1) is 6.92 Å². The van der Waals surface area contributed by atoms with Crippen LogP contribution in [-0.4, -0.2) is 46.1 Å². The van der Waals surface area contributed by atoms with Crippen LogP contribution < -0.4 is 10.1 Å². The normalized spacial score (nSPS) is 11.7. The van der Waals surface area contributed by atoms with Crippen LogP contribution in [0.2, 0.25) is 5.02 Å². The number of carbonyl (C=O) groups is 2. The number of halogens is 1. The van der Waals surface area contributed by atoms with Crippen LogP contribution in [-0.2, 0) is 9.53 Å². The summed E-state index contributed by atoms with van der Waals surface area (Å²) in [7, 11) is 1.49. The van der Waals surface area contributed by atoms with Gasteiger partial charge in [-0.25, -0.2) is 4.79 Å². The summed E-state index contributed by atoms with van der Waals surface area (Å²) in [5, 5.41) is 12.1. The monoisotopic (exact) mass is 474 g/mol. The van der Waals surface area contributed by atoms with Gasteiger partial charge in [-0.2, -0.15) is 0 Å². The third-order valence-electron chi connectivity index (χ3n) is 4.67. The molecule has 3 rings (SSSR count). The SMILES string of the molecule is CCC(OC(=O)c1ccc(-n2c(C)nnc2SC)cc1)C(=O)Nc1cc(Cl)ccc1OC. The highest BCUT2D eigenvalue weighted by Gasteiger charge is 2.23. The Kier molecular flexibility index (Phi) is 7.76. The van der Waals surface area contributed by atoms with Crippen LogP contribution in [0.25, 0.3) is 5.69 Å². The van der Waals surface area contributed by atoms with Crippen molar-refractivity contribution in [1.82, 2.24) is 14.8 Å². The van der Waals surface area contributed by atoms with E-state index in [1.54, 1.807) is 49.4 Å². The molecule has 1 N–H and O–H groups in total. The molecule has 1 heterocycles. The van der Waals surface area contributed by atoms with E-state index in [9.17, 15) is 9.59 Å². The molecule has 3 aromatic rings. The van der Waals surface area contributed by atoms with Crippen molar-refractivity contribution >= 4 is 40.9 Å². The first-order valence-corrected chi connectivity index (χ1v) is 11.4. The summed E-state index contributed by atoms with van der Waals surface area (Å²) < 4.78 is 12.6. The van der Waals surface area contributed by atoms with E-state index in [-0.39, 0.29) is 0 Å². The number of nitrogens with one attached hydrogen (secondary N) is 1. The zero-order chi connectivity index (χ0) is 23.3. The average Bonchev–Trinajstić information content (AvgIpc) is 3.17. The standard InChI is InChI=1S/C22H23ClN4O4S/c1-5-18(20(28)24-17-12-15(23)8-11-19(17)30-3)31-21(29)14-6-9-16(10-7-14)27-13(2)25-26-22(27)32-4/h6-12,18H,5H2,1-4H3,(H,24,28). The molecule has 1 aromatic heterocycles. The fourth-order valence-electron chi connectivity index (χ4n) is 3.03. The molecule has 8 nitrogen and oxygen atoms in total. The zero-order valence-electron chi connectivity index (χ0n) is 18.1. The fraction of sp³-hybridized carbons (Fsp3) is 0.273. The number of methoxy groups -OCH3 is 1. The molecule has 0 aliphatic rings. The van der Waals surface area contributed by atoms with Gasteiger partial charge in [0, 0.05) is 10.7 Å². The zero-order valence-corrected chi connectivity index (χ0v) is 19.7. The van der Waals surface area contributed by atoms with Crippen LogP contribution >= 0.6 is 23.4 Å². The van der Waals surface area contributed by atoms with Gasteiger partial charge in [-0.3, -0.25) is 9.36 Å². The van der Waals surface area contributed by atoms with Crippen LogP contribution in [0.1, 0.15) is 29.5 Å². The molecule has 0 fully saturated rings. The summed E-state index contributed by atoms with van der Waals surface area (Å²) in [6, 6.07) is 11.7. The predicted octanol–water partition coefficient (Wildman–Crippen LogP) is 4.53. The number of hydrogen-bond acceptors (Lipinski definition) is 7. The summed E-state index contributed by atoms with van der Waals surface area (Å²) in [5.74, 6) is 0.127. The minimum Gasteiger partial charge on any atom is -0.495 e. The molecular formula is C22H23ClN4O4S. The molecule has 1 amide bonds. The quantitative estimate of drug-likeness (QED) is 0.378. The van der Waals surface area contributed by atoms with Crippen molar-refractivity contribution in [3.8, 4) is 11.4 Å². The minimum absolute atomic E-state index is 0.301. The van der Waals surface area contributed by atoms with E-state index >= 15 is 0 Å². The van der Waals surface area contributed by atoms with Crippen LogP contribution in [0.15, 0.2) is 47.6 Å². The van der Waals surface area contributed by atoms with Crippen molar-refractivity contribution in [3.05, 3.63) is 58.9 Å². The van der Waals surface area contributed by atoms with E-state index in [1.807, 2.05) is 17.7 Å². The predicted molar refractivity (Wildman–Crippen MR) is 124 cm³/mol. The van der Waals surface area contributed by atoms with Gasteiger partial charge in [-0.15, -0.1) is 10.2 Å². The second-order valence-electron chi connectivity index (χ2n) is 6.75. The number of aryl methyl sites for hydroxylation is 1. The molecule has 168 valence electrons. The van der Waals surface area contributed by atoms with Gasteiger partial charge < -0.3 is 14.8 Å². The molecular weight excluding hydrogens is 452 g/mol. The van der Waals surface area contributed by atoms with Gasteiger partial charge in [0.15, 0.2) is 11.3 Å². The van der Waals surface area contributed by atoms with Crippen LogP contribution in [0.5, 0.6) is 5.75 Å². The van der Waals surface area contributed by atoms with E-state index in [4.69, 9.17) is 21.1 Å². The minimum atomic E-state index is -0.978. The first kappa shape index (κ1) is 23.6. The first-order chi connectivity index (χ1) is 15.4. The molecule has 32 heavy (non-hydrogen) atoms. The number of carbonyl (C=O) groups excluding carboxylic acids is 2. The highest BCUT2D eigenvalue weighted by atomic mass is 35.5. The van der Waals surface area contributed by atoms with Crippen molar-refractivity contribution in [1.29, 1.82) is 0 Å². The Bertz CT molecular complexity index is 1120. The Hall–Kier alpha value is -3.04. The van der Waals surface area contributed by atoms with Gasteiger partial charge in [0.2, 0.25) is 0 Å². The van der Waals surface area contributed by atoms with Crippen LogP contribution in [0.4, 0.5) is 5.69 Å². The Morgan fingerprint density at radius 3 is 2.53 bits per heavy atom. The number of anilines is 1. The summed E-state index contributed by atoms with van der Waals surface area (Å²) in [5.41, 5.74) is 1.56. The van der Waals surface area contributed by atoms with E-state index < -0.39 is 18.0 Å². The van der Waals surface area contributed by atoms with Crippen LogP contribution in [0.3, 0.4) is 0 Å². The van der Waals surface area contributed by atoms with Gasteiger partial charge in [0.25, 0.3) is 5.91 Å². The molecule has 0 aliphatic heterocycles. The van der Waals surface area contributed by atoms with Crippen molar-refractivity contribution in [2.45, 2.75) is 31.5 Å². The Balaban J connectivity index is 1.71. The second-order valence-corrected chi connectivity index (χ2v) is 7.96. The Labute approximate surface area is 195 Å². The fourth-order valence-corrected chi connectivity index (χ4v) is 3.74. The number of benzene rings is 2. The number of rotatable bonds is 8. The lowest BCUT2D eigenvalue weighted by molar-refractivity contribution is -0.124. The van der Waals surface area contributed by atoms with Crippen molar-refractivity contribution in [2.24, 2.45) is 0 Å². The third kappa shape index (κ3) is 5.23. The summed E-state index contributed by atoms with van der Waals surface area (Å²) in [6.07, 6.45) is 1.24. The summed E-state index contributed by atoms with van der Waals surface area (Å²) in [4.78, 5) is 25.4. The van der Waals surface area contributed by atoms with Crippen molar-refractivity contribution < 1.29 is 19.1 Å². The van der Waals surface area contributed by atoms with Gasteiger partial charge in [-0.1, -0.05) is 30.3 Å². The van der Waals surface area contributed by atoms with E-state index in [1.165, 1.54) is 18.9 Å². The van der Waals surface area contributed by atoms with Gasteiger partial charge in [-0.05, 0) is 62.1 Å². The molecule has 0 spiro atoms. The second kappa shape index (κ2) is 10.5. The number of thioether (sulfide) groups is 1. The Morgan fingerprint density at radius 1 is 1.19 bits per heavy atom. The molecule has 10 heteroatoms. The van der Waals surface area contributed by atoms with Gasteiger partial charge >= 0.3 is 5.97 Å². The summed E-state index contributed by atoms with van der Waals surface area (Å²) >= 11 is 7.49. The lowest BCUT2D eigenvalue weighted by atomic mass is 10.2. The largest absolute Gasteiger partial charge is 0.495 e.